The highest BCUT2D eigenvalue weighted by Crippen LogP contribution is 2.19. The van der Waals surface area contributed by atoms with Gasteiger partial charge in [0.1, 0.15) is 5.56 Å². The van der Waals surface area contributed by atoms with Gasteiger partial charge in [-0.2, -0.15) is 0 Å². The van der Waals surface area contributed by atoms with Crippen molar-refractivity contribution in [2.45, 2.75) is 18.9 Å². The van der Waals surface area contributed by atoms with Crippen LogP contribution in [-0.2, 0) is 0 Å². The first-order valence-corrected chi connectivity index (χ1v) is 6.62. The van der Waals surface area contributed by atoms with Gasteiger partial charge in [0.2, 0.25) is 5.88 Å². The lowest BCUT2D eigenvalue weighted by molar-refractivity contribution is 0.0909. The molecule has 1 N–H and O–H groups in total. The average Bonchev–Trinajstić information content (AvgIpc) is 2.44. The van der Waals surface area contributed by atoms with Crippen molar-refractivity contribution >= 4 is 29.1 Å². The normalized spacial score (nSPS) is 11.1. The van der Waals surface area contributed by atoms with Gasteiger partial charge in [-0.15, -0.1) is 23.2 Å². The van der Waals surface area contributed by atoms with E-state index in [-0.39, 0.29) is 23.5 Å². The van der Waals surface area contributed by atoms with Gasteiger partial charge in [-0.05, 0) is 18.6 Å². The molecule has 18 heavy (non-hydrogen) atoms. The summed E-state index contributed by atoms with van der Waals surface area (Å²) in [6, 6.07) is 3.32. The Morgan fingerprint density at radius 1 is 1.50 bits per heavy atom. The number of ether oxygens (including phenoxy) is 1. The molecule has 0 unspecified atom stereocenters. The van der Waals surface area contributed by atoms with Gasteiger partial charge in [-0.3, -0.25) is 4.79 Å². The summed E-state index contributed by atoms with van der Waals surface area (Å²) in [5, 5.41) is 2.85. The maximum atomic E-state index is 12.2. The van der Waals surface area contributed by atoms with Crippen LogP contribution in [0.2, 0.25) is 0 Å². The standard InChI is InChI=1S/C12H16Cl2N2O2/c1-3-12(7-13,8-14)16-10(17)9-5-4-6-15-11(9)18-2/h4-6H,3,7-8H2,1-2H3,(H,16,17). The molecule has 6 heteroatoms. The fourth-order valence-corrected chi connectivity index (χ4v) is 2.21. The first kappa shape index (κ1) is 15.1. The average molecular weight is 291 g/mol. The van der Waals surface area contributed by atoms with Crippen LogP contribution in [0.1, 0.15) is 23.7 Å². The third kappa shape index (κ3) is 3.27. The Labute approximate surface area is 117 Å². The Balaban J connectivity index is 2.94. The second kappa shape index (κ2) is 6.81. The molecule has 1 rings (SSSR count). The van der Waals surface area contributed by atoms with E-state index in [1.807, 2.05) is 6.92 Å². The van der Waals surface area contributed by atoms with Crippen molar-refractivity contribution in [3.05, 3.63) is 23.9 Å². The minimum absolute atomic E-state index is 0.251. The van der Waals surface area contributed by atoms with E-state index in [9.17, 15) is 4.79 Å². The lowest BCUT2D eigenvalue weighted by atomic mass is 10.0. The summed E-state index contributed by atoms with van der Waals surface area (Å²) in [4.78, 5) is 16.1. The van der Waals surface area contributed by atoms with Crippen molar-refractivity contribution in [1.29, 1.82) is 0 Å². The molecule has 0 saturated carbocycles. The fraction of sp³-hybridized carbons (Fsp3) is 0.500. The van der Waals surface area contributed by atoms with Gasteiger partial charge >= 0.3 is 0 Å². The predicted octanol–water partition coefficient (Wildman–Crippen LogP) is 2.45. The van der Waals surface area contributed by atoms with Crippen LogP contribution in [0.15, 0.2) is 18.3 Å². The summed E-state index contributed by atoms with van der Waals surface area (Å²) in [6.45, 7) is 1.92. The molecule has 4 nitrogen and oxygen atoms in total. The van der Waals surface area contributed by atoms with Gasteiger partial charge in [-0.25, -0.2) is 4.98 Å². The largest absolute Gasteiger partial charge is 0.480 e. The van der Waals surface area contributed by atoms with E-state index < -0.39 is 5.54 Å². The van der Waals surface area contributed by atoms with Gasteiger partial charge < -0.3 is 10.1 Å². The first-order chi connectivity index (χ1) is 8.62. The monoisotopic (exact) mass is 290 g/mol. The van der Waals surface area contributed by atoms with Crippen LogP contribution in [0.3, 0.4) is 0 Å². The number of halogens is 2. The van der Waals surface area contributed by atoms with Crippen LogP contribution < -0.4 is 10.1 Å². The molecule has 0 atom stereocenters. The minimum atomic E-state index is -0.610. The lowest BCUT2D eigenvalue weighted by Gasteiger charge is -2.29. The molecule has 0 aliphatic carbocycles. The van der Waals surface area contributed by atoms with Crippen LogP contribution >= 0.6 is 23.2 Å². The third-order valence-electron chi connectivity index (χ3n) is 2.78. The van der Waals surface area contributed by atoms with Crippen LogP contribution in [0.5, 0.6) is 5.88 Å². The minimum Gasteiger partial charge on any atom is -0.480 e. The number of hydrogen-bond donors (Lipinski definition) is 1. The van der Waals surface area contributed by atoms with E-state index >= 15 is 0 Å². The van der Waals surface area contributed by atoms with Gasteiger partial charge in [0.25, 0.3) is 5.91 Å². The number of nitrogens with one attached hydrogen (secondary N) is 1. The van der Waals surface area contributed by atoms with Crippen LogP contribution in [0, 0.1) is 0 Å². The maximum Gasteiger partial charge on any atom is 0.257 e. The zero-order valence-electron chi connectivity index (χ0n) is 10.4. The number of methoxy groups -OCH3 is 1. The molecule has 1 heterocycles. The smallest absolute Gasteiger partial charge is 0.257 e. The number of rotatable bonds is 6. The summed E-state index contributed by atoms with van der Waals surface area (Å²) in [5.41, 5.74) is -0.241. The maximum absolute atomic E-state index is 12.2. The van der Waals surface area contributed by atoms with Crippen molar-refractivity contribution in [2.24, 2.45) is 0 Å². The molecule has 1 amide bonds. The molecule has 0 aliphatic heterocycles. The fourth-order valence-electron chi connectivity index (χ4n) is 1.41. The molecule has 1 aromatic rings. The summed E-state index contributed by atoms with van der Waals surface area (Å²) in [7, 11) is 1.47. The molecular formula is C12H16Cl2N2O2. The van der Waals surface area contributed by atoms with E-state index in [2.05, 4.69) is 10.3 Å². The van der Waals surface area contributed by atoms with Gasteiger partial charge in [0.15, 0.2) is 0 Å². The summed E-state index contributed by atoms with van der Waals surface area (Å²) in [6.07, 6.45) is 2.21. The summed E-state index contributed by atoms with van der Waals surface area (Å²) >= 11 is 11.8. The lowest BCUT2D eigenvalue weighted by Crippen LogP contribution is -2.51. The number of hydrogen-bond acceptors (Lipinski definition) is 3. The van der Waals surface area contributed by atoms with E-state index in [1.165, 1.54) is 7.11 Å². The van der Waals surface area contributed by atoms with Crippen LogP contribution in [0.25, 0.3) is 0 Å². The Bertz CT molecular complexity index is 401. The van der Waals surface area contributed by atoms with Crippen LogP contribution in [0.4, 0.5) is 0 Å². The highest BCUT2D eigenvalue weighted by Gasteiger charge is 2.29. The Hall–Kier alpha value is -1.00. The second-order valence-corrected chi connectivity index (χ2v) is 4.45. The third-order valence-corrected chi connectivity index (χ3v) is 3.80. The Morgan fingerprint density at radius 2 is 2.17 bits per heavy atom. The molecule has 0 aliphatic rings. The topological polar surface area (TPSA) is 51.2 Å². The van der Waals surface area contributed by atoms with E-state index in [1.54, 1.807) is 18.3 Å². The number of alkyl halides is 2. The quantitative estimate of drug-likeness (QED) is 0.819. The van der Waals surface area contributed by atoms with Crippen molar-refractivity contribution in [3.63, 3.8) is 0 Å². The van der Waals surface area contributed by atoms with Crippen LogP contribution in [-0.4, -0.2) is 35.3 Å². The predicted molar refractivity (Wildman–Crippen MR) is 72.7 cm³/mol. The van der Waals surface area contributed by atoms with Gasteiger partial charge in [0.05, 0.1) is 12.6 Å². The molecule has 0 aromatic carbocycles. The number of carbonyl (C=O) groups excluding carboxylic acids is 1. The van der Waals surface area contributed by atoms with E-state index in [0.29, 0.717) is 12.0 Å². The molecular weight excluding hydrogens is 275 g/mol. The number of amides is 1. The molecule has 100 valence electrons. The molecule has 0 fully saturated rings. The number of carbonyl (C=O) groups is 1. The van der Waals surface area contributed by atoms with Crippen molar-refractivity contribution in [3.8, 4) is 5.88 Å². The molecule has 0 spiro atoms. The van der Waals surface area contributed by atoms with Crippen molar-refractivity contribution < 1.29 is 9.53 Å². The highest BCUT2D eigenvalue weighted by atomic mass is 35.5. The van der Waals surface area contributed by atoms with Gasteiger partial charge in [0, 0.05) is 18.0 Å². The van der Waals surface area contributed by atoms with Crippen molar-refractivity contribution in [1.82, 2.24) is 10.3 Å². The molecule has 0 radical (unpaired) electrons. The van der Waals surface area contributed by atoms with E-state index in [0.717, 1.165) is 0 Å². The number of aromatic nitrogens is 1. The SMILES string of the molecule is CCC(CCl)(CCl)NC(=O)c1cccnc1OC. The molecule has 1 aromatic heterocycles. The zero-order valence-corrected chi connectivity index (χ0v) is 11.9. The summed E-state index contributed by atoms with van der Waals surface area (Å²) < 4.78 is 5.04. The molecule has 0 saturated heterocycles. The highest BCUT2D eigenvalue weighted by molar-refractivity contribution is 6.22. The van der Waals surface area contributed by atoms with Gasteiger partial charge in [-0.1, -0.05) is 6.92 Å². The van der Waals surface area contributed by atoms with Crippen molar-refractivity contribution in [2.75, 3.05) is 18.9 Å². The second-order valence-electron chi connectivity index (χ2n) is 3.92. The number of pyridine rings is 1. The number of nitrogens with zero attached hydrogens (tertiary/aromatic N) is 1. The Kier molecular flexibility index (Phi) is 5.69. The van der Waals surface area contributed by atoms with E-state index in [4.69, 9.17) is 27.9 Å². The Morgan fingerprint density at radius 3 is 2.67 bits per heavy atom. The molecule has 0 bridgehead atoms. The summed E-state index contributed by atoms with van der Waals surface area (Å²) in [5.74, 6) is 0.495. The zero-order chi connectivity index (χ0) is 13.6. The first-order valence-electron chi connectivity index (χ1n) is 5.56.